The molecule has 0 spiro atoms. The Balaban J connectivity index is 0.927. The number of nitrogens with two attached hydrogens (primary N) is 1. The molecule has 5 rings (SSSR count). The van der Waals surface area contributed by atoms with Crippen molar-refractivity contribution in [1.29, 1.82) is 0 Å². The number of piperidine rings is 2. The number of ketones is 1. The molecular formula is C37H47N5O4. The maximum absolute atomic E-state index is 12.7. The number of amides is 2. The molecule has 9 nitrogen and oxygen atoms in total. The van der Waals surface area contributed by atoms with Crippen molar-refractivity contribution in [1.82, 2.24) is 15.1 Å². The van der Waals surface area contributed by atoms with E-state index in [1.807, 2.05) is 54.6 Å². The summed E-state index contributed by atoms with van der Waals surface area (Å²) in [4.78, 5) is 41.4. The third-order valence-electron chi connectivity index (χ3n) is 9.01. The molecule has 2 amide bonds. The van der Waals surface area contributed by atoms with Gasteiger partial charge < -0.3 is 20.7 Å². The Morgan fingerprint density at radius 1 is 0.826 bits per heavy atom. The fourth-order valence-corrected chi connectivity index (χ4v) is 6.34. The standard InChI is InChI=1S/C37H47N5O4/c38-36(44)31-9-6-21-42(27-31)26-29-14-12-28(13-15-29)16-17-32(43)25-39-20-24-41-22-18-33(19-23-41)46-37(45)40-35-11-5-4-10-34(35)30-7-2-1-3-8-30/h1-5,7-8,10-15,31,33,39H,6,9,16-27H2,(H2,38,44)(H,40,45). The number of hydrogen-bond acceptors (Lipinski definition) is 7. The molecule has 1 atom stereocenters. The van der Waals surface area contributed by atoms with Gasteiger partial charge in [-0.3, -0.25) is 19.8 Å². The van der Waals surface area contributed by atoms with Gasteiger partial charge in [-0.1, -0.05) is 72.8 Å². The molecule has 2 fully saturated rings. The van der Waals surface area contributed by atoms with Gasteiger partial charge in [0.15, 0.2) is 0 Å². The van der Waals surface area contributed by atoms with E-state index in [0.29, 0.717) is 13.0 Å². The van der Waals surface area contributed by atoms with E-state index in [9.17, 15) is 14.4 Å². The molecule has 2 heterocycles. The molecule has 244 valence electrons. The van der Waals surface area contributed by atoms with Crippen molar-refractivity contribution in [3.8, 4) is 11.1 Å². The number of rotatable bonds is 14. The molecule has 2 aliphatic heterocycles. The zero-order valence-corrected chi connectivity index (χ0v) is 26.7. The Kier molecular flexibility index (Phi) is 12.3. The lowest BCUT2D eigenvalue weighted by atomic mass is 9.97. The third kappa shape index (κ3) is 10.2. The first kappa shape index (κ1) is 33.3. The summed E-state index contributed by atoms with van der Waals surface area (Å²) >= 11 is 0. The van der Waals surface area contributed by atoms with E-state index in [1.54, 1.807) is 0 Å². The summed E-state index contributed by atoms with van der Waals surface area (Å²) in [6.07, 6.45) is 4.18. The number of benzene rings is 3. The lowest BCUT2D eigenvalue weighted by Crippen LogP contribution is -2.42. The van der Waals surface area contributed by atoms with Gasteiger partial charge in [0.05, 0.1) is 18.2 Å². The second kappa shape index (κ2) is 17.0. The predicted molar refractivity (Wildman–Crippen MR) is 181 cm³/mol. The first-order chi connectivity index (χ1) is 22.4. The molecular weight excluding hydrogens is 578 g/mol. The van der Waals surface area contributed by atoms with Crippen LogP contribution in [0.25, 0.3) is 11.1 Å². The fourth-order valence-electron chi connectivity index (χ4n) is 6.34. The number of carbonyl (C=O) groups excluding carboxylic acids is 3. The molecule has 0 aliphatic carbocycles. The zero-order valence-electron chi connectivity index (χ0n) is 26.7. The summed E-state index contributed by atoms with van der Waals surface area (Å²) < 4.78 is 5.75. The van der Waals surface area contributed by atoms with Gasteiger partial charge in [-0.15, -0.1) is 0 Å². The predicted octanol–water partition coefficient (Wildman–Crippen LogP) is 4.86. The van der Waals surface area contributed by atoms with Crippen LogP contribution in [0, 0.1) is 5.92 Å². The molecule has 3 aromatic rings. The van der Waals surface area contributed by atoms with Crippen LogP contribution in [0.4, 0.5) is 10.5 Å². The Morgan fingerprint density at radius 2 is 1.54 bits per heavy atom. The largest absolute Gasteiger partial charge is 0.446 e. The Hall–Kier alpha value is -4.05. The molecule has 0 radical (unpaired) electrons. The molecule has 3 aromatic carbocycles. The van der Waals surface area contributed by atoms with Crippen molar-refractivity contribution in [3.63, 3.8) is 0 Å². The van der Waals surface area contributed by atoms with Crippen LogP contribution >= 0.6 is 0 Å². The van der Waals surface area contributed by atoms with Crippen molar-refractivity contribution in [2.75, 3.05) is 51.1 Å². The van der Waals surface area contributed by atoms with E-state index >= 15 is 0 Å². The van der Waals surface area contributed by atoms with Crippen LogP contribution in [0.3, 0.4) is 0 Å². The Labute approximate surface area is 272 Å². The van der Waals surface area contributed by atoms with Crippen LogP contribution in [0.15, 0.2) is 78.9 Å². The molecule has 0 saturated carbocycles. The normalized spacial score (nSPS) is 17.8. The smallest absolute Gasteiger partial charge is 0.411 e. The SMILES string of the molecule is NC(=O)C1CCCN(Cc2ccc(CCC(=O)CNCCN3CCC(OC(=O)Nc4ccccc4-c4ccccc4)CC3)cc2)C1. The monoisotopic (exact) mass is 625 g/mol. The minimum absolute atomic E-state index is 0.0467. The lowest BCUT2D eigenvalue weighted by Gasteiger charge is -2.31. The summed E-state index contributed by atoms with van der Waals surface area (Å²) in [5, 5.41) is 6.23. The molecule has 1 unspecified atom stereocenters. The number of para-hydroxylation sites is 1. The van der Waals surface area contributed by atoms with Crippen LogP contribution in [0.2, 0.25) is 0 Å². The highest BCUT2D eigenvalue weighted by Crippen LogP contribution is 2.28. The van der Waals surface area contributed by atoms with Gasteiger partial charge in [0.2, 0.25) is 5.91 Å². The quantitative estimate of drug-likeness (QED) is 0.219. The number of Topliss-reactive ketones (excluding diaryl/α,β-unsaturated/α-hetero) is 1. The van der Waals surface area contributed by atoms with Crippen molar-refractivity contribution in [2.45, 2.75) is 51.2 Å². The van der Waals surface area contributed by atoms with E-state index in [4.69, 9.17) is 10.5 Å². The van der Waals surface area contributed by atoms with Crippen LogP contribution in [0.1, 0.15) is 43.2 Å². The zero-order chi connectivity index (χ0) is 32.1. The Bertz CT molecular complexity index is 1420. The molecule has 0 bridgehead atoms. The van der Waals surface area contributed by atoms with Crippen LogP contribution < -0.4 is 16.4 Å². The van der Waals surface area contributed by atoms with Crippen LogP contribution in [-0.2, 0) is 27.3 Å². The van der Waals surface area contributed by atoms with Gasteiger partial charge in [0.25, 0.3) is 0 Å². The number of anilines is 1. The molecule has 2 aliphatic rings. The number of carbonyl (C=O) groups is 3. The lowest BCUT2D eigenvalue weighted by molar-refractivity contribution is -0.123. The summed E-state index contributed by atoms with van der Waals surface area (Å²) in [7, 11) is 0. The van der Waals surface area contributed by atoms with Gasteiger partial charge in [-0.25, -0.2) is 4.79 Å². The van der Waals surface area contributed by atoms with Gasteiger partial charge in [-0.2, -0.15) is 0 Å². The number of hydrogen-bond donors (Lipinski definition) is 3. The van der Waals surface area contributed by atoms with E-state index in [2.05, 4.69) is 44.7 Å². The maximum atomic E-state index is 12.7. The summed E-state index contributed by atoms with van der Waals surface area (Å²) in [6.45, 7) is 6.22. The van der Waals surface area contributed by atoms with Gasteiger partial charge in [-0.05, 0) is 61.4 Å². The molecule has 4 N–H and O–H groups in total. The minimum atomic E-state index is -0.421. The highest BCUT2D eigenvalue weighted by Gasteiger charge is 2.24. The van der Waals surface area contributed by atoms with Crippen molar-refractivity contribution < 1.29 is 19.1 Å². The van der Waals surface area contributed by atoms with Crippen molar-refractivity contribution in [3.05, 3.63) is 90.0 Å². The average molecular weight is 626 g/mol. The second-order valence-electron chi connectivity index (χ2n) is 12.5. The second-order valence-corrected chi connectivity index (χ2v) is 12.5. The van der Waals surface area contributed by atoms with E-state index in [1.165, 1.54) is 5.56 Å². The number of nitrogens with zero attached hydrogens (tertiary/aromatic N) is 2. The summed E-state index contributed by atoms with van der Waals surface area (Å²) in [6, 6.07) is 26.2. The third-order valence-corrected chi connectivity index (χ3v) is 9.01. The fraction of sp³-hybridized carbons (Fsp3) is 0.432. The van der Waals surface area contributed by atoms with Gasteiger partial charge in [0, 0.05) is 51.3 Å². The first-order valence-corrected chi connectivity index (χ1v) is 16.6. The van der Waals surface area contributed by atoms with E-state index in [-0.39, 0.29) is 23.7 Å². The molecule has 0 aromatic heterocycles. The summed E-state index contributed by atoms with van der Waals surface area (Å²) in [5.41, 5.74) is 10.6. The topological polar surface area (TPSA) is 117 Å². The minimum Gasteiger partial charge on any atom is -0.446 e. The maximum Gasteiger partial charge on any atom is 0.411 e. The number of ether oxygens (including phenoxy) is 1. The highest BCUT2D eigenvalue weighted by atomic mass is 16.6. The van der Waals surface area contributed by atoms with E-state index in [0.717, 1.165) is 100 Å². The first-order valence-electron chi connectivity index (χ1n) is 16.6. The molecule has 2 saturated heterocycles. The molecule has 46 heavy (non-hydrogen) atoms. The van der Waals surface area contributed by atoms with Gasteiger partial charge >= 0.3 is 6.09 Å². The average Bonchev–Trinajstić information content (AvgIpc) is 3.08. The van der Waals surface area contributed by atoms with Gasteiger partial charge in [0.1, 0.15) is 11.9 Å². The van der Waals surface area contributed by atoms with E-state index < -0.39 is 6.09 Å². The molecule has 9 heteroatoms. The number of likely N-dealkylation sites (tertiary alicyclic amines) is 2. The number of aryl methyl sites for hydroxylation is 1. The Morgan fingerprint density at radius 3 is 2.30 bits per heavy atom. The number of nitrogens with one attached hydrogen (secondary N) is 2. The highest BCUT2D eigenvalue weighted by molar-refractivity contribution is 5.91. The van der Waals surface area contributed by atoms with Crippen LogP contribution in [0.5, 0.6) is 0 Å². The number of primary amides is 1. The van der Waals surface area contributed by atoms with Crippen LogP contribution in [-0.4, -0.2) is 79.5 Å². The van der Waals surface area contributed by atoms with Crippen molar-refractivity contribution >= 4 is 23.5 Å². The summed E-state index contributed by atoms with van der Waals surface area (Å²) in [5.74, 6) is -0.0361. The van der Waals surface area contributed by atoms with Crippen molar-refractivity contribution in [2.24, 2.45) is 11.7 Å².